The minimum atomic E-state index is -0.148. The van der Waals surface area contributed by atoms with Crippen molar-refractivity contribution in [3.05, 3.63) is 52.9 Å². The highest BCUT2D eigenvalue weighted by atomic mass is 35.5. The van der Waals surface area contributed by atoms with E-state index in [4.69, 9.17) is 20.8 Å². The maximum Gasteiger partial charge on any atom is 0.258 e. The molecule has 26 heavy (non-hydrogen) atoms. The lowest BCUT2D eigenvalue weighted by Crippen LogP contribution is -2.41. The molecule has 0 bridgehead atoms. The van der Waals surface area contributed by atoms with Gasteiger partial charge in [0.1, 0.15) is 17.3 Å². The summed E-state index contributed by atoms with van der Waals surface area (Å²) in [6, 6.07) is 11.0. The van der Waals surface area contributed by atoms with E-state index in [2.05, 4.69) is 10.2 Å². The highest BCUT2D eigenvalue weighted by Crippen LogP contribution is 2.25. The van der Waals surface area contributed by atoms with Crippen molar-refractivity contribution in [1.82, 2.24) is 10.2 Å². The topological polar surface area (TPSA) is 54.7 Å². The van der Waals surface area contributed by atoms with Crippen molar-refractivity contribution in [2.75, 3.05) is 26.2 Å². The number of hydrogen-bond acceptors (Lipinski definition) is 4. The van der Waals surface area contributed by atoms with Crippen molar-refractivity contribution in [3.63, 3.8) is 0 Å². The van der Waals surface area contributed by atoms with Crippen LogP contribution in [-0.2, 0) is 4.79 Å². The van der Waals surface area contributed by atoms with Gasteiger partial charge in [-0.05, 0) is 69.3 Å². The molecular formula is C20H25ClN2O3. The molecule has 0 saturated carbocycles. The van der Waals surface area contributed by atoms with E-state index in [0.717, 1.165) is 24.6 Å². The molecule has 2 heterocycles. The molecule has 1 N–H and O–H groups in total. The van der Waals surface area contributed by atoms with Gasteiger partial charge in [-0.2, -0.15) is 0 Å². The molecule has 0 aliphatic carbocycles. The SMILES string of the molecule is Cc1ccc([C@H](CNC(=O)COc2ccc(Cl)cc2)N2CCCCC2)o1. The third kappa shape index (κ3) is 5.26. The Hall–Kier alpha value is -1.98. The molecule has 1 aliphatic rings. The third-order valence-electron chi connectivity index (χ3n) is 4.60. The fourth-order valence-electron chi connectivity index (χ4n) is 3.21. The van der Waals surface area contributed by atoms with Gasteiger partial charge in [0, 0.05) is 11.6 Å². The molecule has 5 nitrogen and oxygen atoms in total. The molecule has 1 aliphatic heterocycles. The number of piperidine rings is 1. The molecule has 1 aromatic carbocycles. The Morgan fingerprint density at radius 1 is 1.19 bits per heavy atom. The van der Waals surface area contributed by atoms with Crippen LogP contribution < -0.4 is 10.1 Å². The van der Waals surface area contributed by atoms with Gasteiger partial charge in [-0.15, -0.1) is 0 Å². The van der Waals surface area contributed by atoms with E-state index in [1.165, 1.54) is 19.3 Å². The number of carbonyl (C=O) groups excluding carboxylic acids is 1. The molecule has 1 fully saturated rings. The van der Waals surface area contributed by atoms with E-state index in [0.29, 0.717) is 17.3 Å². The summed E-state index contributed by atoms with van der Waals surface area (Å²) >= 11 is 5.84. The summed E-state index contributed by atoms with van der Waals surface area (Å²) in [5.41, 5.74) is 0. The van der Waals surface area contributed by atoms with Gasteiger partial charge in [0.05, 0.1) is 6.04 Å². The summed E-state index contributed by atoms with van der Waals surface area (Å²) < 4.78 is 11.3. The highest BCUT2D eigenvalue weighted by molar-refractivity contribution is 6.30. The Labute approximate surface area is 159 Å². The Kier molecular flexibility index (Phi) is 6.58. The third-order valence-corrected chi connectivity index (χ3v) is 4.85. The van der Waals surface area contributed by atoms with Crippen molar-refractivity contribution in [3.8, 4) is 5.75 Å². The van der Waals surface area contributed by atoms with Crippen molar-refractivity contribution >= 4 is 17.5 Å². The molecule has 0 spiro atoms. The molecule has 3 rings (SSSR count). The summed E-state index contributed by atoms with van der Waals surface area (Å²) in [7, 11) is 0. The summed E-state index contributed by atoms with van der Waals surface area (Å²) in [6.07, 6.45) is 3.63. The largest absolute Gasteiger partial charge is 0.484 e. The Morgan fingerprint density at radius 3 is 2.58 bits per heavy atom. The molecule has 1 aromatic heterocycles. The number of likely N-dealkylation sites (tertiary alicyclic amines) is 1. The number of nitrogens with one attached hydrogen (secondary N) is 1. The molecular weight excluding hydrogens is 352 g/mol. The van der Waals surface area contributed by atoms with Crippen LogP contribution in [0.15, 0.2) is 40.8 Å². The van der Waals surface area contributed by atoms with Crippen molar-refractivity contribution in [1.29, 1.82) is 0 Å². The van der Waals surface area contributed by atoms with Crippen LogP contribution in [0.25, 0.3) is 0 Å². The molecule has 0 unspecified atom stereocenters. The second-order valence-corrected chi connectivity index (χ2v) is 7.04. The molecule has 140 valence electrons. The summed E-state index contributed by atoms with van der Waals surface area (Å²) in [5, 5.41) is 3.62. The standard InChI is InChI=1S/C20H25ClN2O3/c1-15-5-10-19(26-15)18(23-11-3-2-4-12-23)13-22-20(24)14-25-17-8-6-16(21)7-9-17/h5-10,18H,2-4,11-14H2,1H3,(H,22,24)/t18-/m0/s1. The average Bonchev–Trinajstić information content (AvgIpc) is 3.08. The predicted octanol–water partition coefficient (Wildman–Crippen LogP) is 3.96. The zero-order chi connectivity index (χ0) is 18.4. The fourth-order valence-corrected chi connectivity index (χ4v) is 3.34. The smallest absolute Gasteiger partial charge is 0.258 e. The Balaban J connectivity index is 1.54. The van der Waals surface area contributed by atoms with Gasteiger partial charge in [0.2, 0.25) is 0 Å². The molecule has 1 amide bonds. The first-order valence-electron chi connectivity index (χ1n) is 9.07. The van der Waals surface area contributed by atoms with Crippen molar-refractivity contribution in [2.24, 2.45) is 0 Å². The van der Waals surface area contributed by atoms with Crippen LogP contribution in [0.4, 0.5) is 0 Å². The van der Waals surface area contributed by atoms with E-state index in [-0.39, 0.29) is 18.6 Å². The van der Waals surface area contributed by atoms with Crippen LogP contribution >= 0.6 is 11.6 Å². The maximum absolute atomic E-state index is 12.2. The van der Waals surface area contributed by atoms with Gasteiger partial charge < -0.3 is 14.5 Å². The number of benzene rings is 1. The minimum absolute atomic E-state index is 0.0223. The Morgan fingerprint density at radius 2 is 1.92 bits per heavy atom. The van der Waals surface area contributed by atoms with E-state index < -0.39 is 0 Å². The number of aryl methyl sites for hydroxylation is 1. The second-order valence-electron chi connectivity index (χ2n) is 6.61. The number of halogens is 1. The Bertz CT molecular complexity index is 708. The van der Waals surface area contributed by atoms with Gasteiger partial charge in [-0.3, -0.25) is 9.69 Å². The molecule has 6 heteroatoms. The number of amides is 1. The summed E-state index contributed by atoms with van der Waals surface area (Å²) in [6.45, 7) is 4.49. The monoisotopic (exact) mass is 376 g/mol. The highest BCUT2D eigenvalue weighted by Gasteiger charge is 2.25. The van der Waals surface area contributed by atoms with E-state index in [1.54, 1.807) is 24.3 Å². The molecule has 2 aromatic rings. The van der Waals surface area contributed by atoms with Crippen LogP contribution in [0.3, 0.4) is 0 Å². The lowest BCUT2D eigenvalue weighted by atomic mass is 10.1. The van der Waals surface area contributed by atoms with E-state index in [9.17, 15) is 4.79 Å². The zero-order valence-corrected chi connectivity index (χ0v) is 15.8. The maximum atomic E-state index is 12.2. The van der Waals surface area contributed by atoms with Gasteiger partial charge >= 0.3 is 0 Å². The van der Waals surface area contributed by atoms with Crippen LogP contribution in [0.1, 0.15) is 36.8 Å². The summed E-state index contributed by atoms with van der Waals surface area (Å²) in [5.74, 6) is 2.27. The van der Waals surface area contributed by atoms with Crippen LogP contribution in [0.5, 0.6) is 5.75 Å². The van der Waals surface area contributed by atoms with E-state index in [1.807, 2.05) is 19.1 Å². The first kappa shape index (κ1) is 18.8. The van der Waals surface area contributed by atoms with E-state index >= 15 is 0 Å². The number of ether oxygens (including phenoxy) is 1. The van der Waals surface area contributed by atoms with Crippen molar-refractivity contribution < 1.29 is 13.9 Å². The first-order valence-corrected chi connectivity index (χ1v) is 9.45. The predicted molar refractivity (Wildman–Crippen MR) is 102 cm³/mol. The van der Waals surface area contributed by atoms with Gasteiger partial charge in [0.25, 0.3) is 5.91 Å². The van der Waals surface area contributed by atoms with Gasteiger partial charge in [-0.1, -0.05) is 18.0 Å². The average molecular weight is 377 g/mol. The first-order chi connectivity index (χ1) is 12.6. The lowest BCUT2D eigenvalue weighted by Gasteiger charge is -2.33. The summed E-state index contributed by atoms with van der Waals surface area (Å²) in [4.78, 5) is 14.6. The molecule has 1 saturated heterocycles. The van der Waals surface area contributed by atoms with Crippen LogP contribution in [-0.4, -0.2) is 37.0 Å². The quantitative estimate of drug-likeness (QED) is 0.794. The molecule has 1 atom stereocenters. The van der Waals surface area contributed by atoms with Gasteiger partial charge in [-0.25, -0.2) is 0 Å². The van der Waals surface area contributed by atoms with Crippen LogP contribution in [0.2, 0.25) is 5.02 Å². The number of carbonyl (C=O) groups is 1. The second kappa shape index (κ2) is 9.10. The molecule has 0 radical (unpaired) electrons. The fraction of sp³-hybridized carbons (Fsp3) is 0.450. The minimum Gasteiger partial charge on any atom is -0.484 e. The normalized spacial score (nSPS) is 16.2. The number of hydrogen-bond donors (Lipinski definition) is 1. The number of nitrogens with zero attached hydrogens (tertiary/aromatic N) is 1. The van der Waals surface area contributed by atoms with Gasteiger partial charge in [0.15, 0.2) is 6.61 Å². The number of rotatable bonds is 7. The van der Waals surface area contributed by atoms with Crippen molar-refractivity contribution in [2.45, 2.75) is 32.2 Å². The van der Waals surface area contributed by atoms with Crippen LogP contribution in [0, 0.1) is 6.92 Å². The zero-order valence-electron chi connectivity index (χ0n) is 15.0. The lowest BCUT2D eigenvalue weighted by molar-refractivity contribution is -0.123. The number of furan rings is 1.